The molecular formula is C31H38FN3O6S. The number of nitrogens with zero attached hydrogens (tertiary/aromatic N) is 2. The SMILES string of the molecule is COc1ccc(N(CC(=O)N(Cc2ccccc2F)C(Cc2ccccc2)C(=O)NCC(C)C)S(C)(=O)=O)c(OC)c1. The van der Waals surface area contributed by atoms with Gasteiger partial charge in [-0.05, 0) is 29.7 Å². The molecule has 0 aliphatic rings. The molecule has 0 saturated carbocycles. The third kappa shape index (κ3) is 8.69. The van der Waals surface area contributed by atoms with Crippen LogP contribution in [0.2, 0.25) is 0 Å². The van der Waals surface area contributed by atoms with Crippen LogP contribution < -0.4 is 19.1 Å². The van der Waals surface area contributed by atoms with E-state index in [2.05, 4.69) is 5.32 Å². The molecule has 0 aliphatic carbocycles. The maximum atomic E-state index is 14.9. The standard InChI is InChI=1S/C31H38FN3O6S/c1-22(2)19-33-31(37)28(17-23-11-7-6-8-12-23)34(20-24-13-9-10-14-26(24)32)30(36)21-35(42(5,38)39)27-16-15-25(40-3)18-29(27)41-4/h6-16,18,22,28H,17,19-21H2,1-5H3,(H,33,37). The van der Waals surface area contributed by atoms with Crippen molar-refractivity contribution in [3.05, 3.63) is 89.7 Å². The van der Waals surface area contributed by atoms with Gasteiger partial charge in [-0.15, -0.1) is 0 Å². The monoisotopic (exact) mass is 599 g/mol. The number of hydrogen-bond donors (Lipinski definition) is 1. The molecule has 0 heterocycles. The van der Waals surface area contributed by atoms with Crippen LogP contribution in [0.1, 0.15) is 25.0 Å². The maximum Gasteiger partial charge on any atom is 0.244 e. The summed E-state index contributed by atoms with van der Waals surface area (Å²) >= 11 is 0. The minimum Gasteiger partial charge on any atom is -0.497 e. The zero-order valence-electron chi connectivity index (χ0n) is 24.5. The summed E-state index contributed by atoms with van der Waals surface area (Å²) in [6.07, 6.45) is 1.11. The van der Waals surface area contributed by atoms with Gasteiger partial charge in [-0.25, -0.2) is 12.8 Å². The summed E-state index contributed by atoms with van der Waals surface area (Å²) in [4.78, 5) is 29.0. The predicted octanol–water partition coefficient (Wildman–Crippen LogP) is 4.02. The largest absolute Gasteiger partial charge is 0.497 e. The van der Waals surface area contributed by atoms with Crippen LogP contribution in [-0.4, -0.2) is 64.7 Å². The fraction of sp³-hybridized carbons (Fsp3) is 0.355. The smallest absolute Gasteiger partial charge is 0.244 e. The molecular weight excluding hydrogens is 561 g/mol. The van der Waals surface area contributed by atoms with Crippen molar-refractivity contribution in [1.29, 1.82) is 0 Å². The van der Waals surface area contributed by atoms with Gasteiger partial charge in [-0.1, -0.05) is 62.4 Å². The number of carbonyl (C=O) groups is 2. The number of halogens is 1. The molecule has 0 radical (unpaired) electrons. The highest BCUT2D eigenvalue weighted by atomic mass is 32.2. The van der Waals surface area contributed by atoms with Gasteiger partial charge in [0.15, 0.2) is 0 Å². The van der Waals surface area contributed by atoms with Crippen molar-refractivity contribution >= 4 is 27.5 Å². The Morgan fingerprint density at radius 3 is 2.21 bits per heavy atom. The van der Waals surface area contributed by atoms with E-state index in [0.717, 1.165) is 16.1 Å². The first-order chi connectivity index (χ1) is 19.9. The molecule has 0 bridgehead atoms. The lowest BCUT2D eigenvalue weighted by atomic mass is 10.0. The number of benzene rings is 3. The average Bonchev–Trinajstić information content (AvgIpc) is 2.96. The molecule has 0 aliphatic heterocycles. The van der Waals surface area contributed by atoms with Gasteiger partial charge in [0.1, 0.15) is 29.9 Å². The lowest BCUT2D eigenvalue weighted by molar-refractivity contribution is -0.140. The van der Waals surface area contributed by atoms with E-state index in [-0.39, 0.29) is 35.9 Å². The normalized spacial score (nSPS) is 12.0. The average molecular weight is 600 g/mol. The molecule has 0 fully saturated rings. The number of methoxy groups -OCH3 is 2. The van der Waals surface area contributed by atoms with Crippen LogP contribution in [0.15, 0.2) is 72.8 Å². The van der Waals surface area contributed by atoms with Crippen molar-refractivity contribution in [3.63, 3.8) is 0 Å². The summed E-state index contributed by atoms with van der Waals surface area (Å²) in [6.45, 7) is 3.35. The van der Waals surface area contributed by atoms with Gasteiger partial charge in [0.05, 0.1) is 26.2 Å². The molecule has 1 unspecified atom stereocenters. The van der Waals surface area contributed by atoms with E-state index in [0.29, 0.717) is 12.3 Å². The van der Waals surface area contributed by atoms with Gasteiger partial charge >= 0.3 is 0 Å². The second-order valence-corrected chi connectivity index (χ2v) is 12.2. The van der Waals surface area contributed by atoms with E-state index in [1.165, 1.54) is 49.5 Å². The fourth-order valence-electron chi connectivity index (χ4n) is 4.37. The lowest BCUT2D eigenvalue weighted by Crippen LogP contribution is -2.53. The molecule has 3 rings (SSSR count). The minimum atomic E-state index is -4.02. The van der Waals surface area contributed by atoms with Crippen molar-refractivity contribution in [1.82, 2.24) is 10.2 Å². The Morgan fingerprint density at radius 1 is 0.952 bits per heavy atom. The van der Waals surface area contributed by atoms with Crippen LogP contribution in [-0.2, 0) is 32.6 Å². The summed E-state index contributed by atoms with van der Waals surface area (Å²) < 4.78 is 52.5. The van der Waals surface area contributed by atoms with E-state index < -0.39 is 40.2 Å². The molecule has 0 aromatic heterocycles. The van der Waals surface area contributed by atoms with Crippen LogP contribution in [0.25, 0.3) is 0 Å². The first-order valence-corrected chi connectivity index (χ1v) is 15.3. The Balaban J connectivity index is 2.10. The summed E-state index contributed by atoms with van der Waals surface area (Å²) in [7, 11) is -1.18. The highest BCUT2D eigenvalue weighted by molar-refractivity contribution is 7.92. The van der Waals surface area contributed by atoms with Crippen molar-refractivity contribution in [2.75, 3.05) is 37.9 Å². The predicted molar refractivity (Wildman–Crippen MR) is 160 cm³/mol. The van der Waals surface area contributed by atoms with E-state index >= 15 is 0 Å². The second-order valence-electron chi connectivity index (χ2n) is 10.3. The lowest BCUT2D eigenvalue weighted by Gasteiger charge is -2.34. The zero-order chi connectivity index (χ0) is 30.9. The van der Waals surface area contributed by atoms with Crippen molar-refractivity contribution < 1.29 is 31.9 Å². The first-order valence-electron chi connectivity index (χ1n) is 13.5. The van der Waals surface area contributed by atoms with E-state index in [1.54, 1.807) is 12.1 Å². The molecule has 1 N–H and O–H groups in total. The van der Waals surface area contributed by atoms with E-state index in [9.17, 15) is 22.4 Å². The third-order valence-electron chi connectivity index (χ3n) is 6.59. The van der Waals surface area contributed by atoms with Gasteiger partial charge < -0.3 is 19.7 Å². The summed E-state index contributed by atoms with van der Waals surface area (Å²) in [6, 6.07) is 18.6. The minimum absolute atomic E-state index is 0.115. The Morgan fingerprint density at radius 2 is 1.62 bits per heavy atom. The number of hydrogen-bond acceptors (Lipinski definition) is 6. The molecule has 9 nitrogen and oxygen atoms in total. The molecule has 42 heavy (non-hydrogen) atoms. The first kappa shape index (κ1) is 32.4. The van der Waals surface area contributed by atoms with Crippen LogP contribution in [0.3, 0.4) is 0 Å². The zero-order valence-corrected chi connectivity index (χ0v) is 25.4. The number of nitrogens with one attached hydrogen (secondary N) is 1. The third-order valence-corrected chi connectivity index (χ3v) is 7.72. The maximum absolute atomic E-state index is 14.9. The van der Waals surface area contributed by atoms with Crippen molar-refractivity contribution in [3.8, 4) is 11.5 Å². The number of rotatable bonds is 14. The molecule has 2 amide bonds. The van der Waals surface area contributed by atoms with Crippen LogP contribution in [0.4, 0.5) is 10.1 Å². The van der Waals surface area contributed by atoms with Gasteiger partial charge in [0.2, 0.25) is 21.8 Å². The highest BCUT2D eigenvalue weighted by Gasteiger charge is 2.34. The molecule has 3 aromatic carbocycles. The van der Waals surface area contributed by atoms with Gasteiger partial charge in [0, 0.05) is 31.1 Å². The summed E-state index contributed by atoms with van der Waals surface area (Å²) in [5.74, 6) is -0.921. The summed E-state index contributed by atoms with van der Waals surface area (Å²) in [5, 5.41) is 2.89. The molecule has 11 heteroatoms. The Labute approximate surface area is 247 Å². The molecule has 1 atom stereocenters. The van der Waals surface area contributed by atoms with Gasteiger partial charge in [-0.3, -0.25) is 13.9 Å². The van der Waals surface area contributed by atoms with Crippen molar-refractivity contribution in [2.24, 2.45) is 5.92 Å². The topological polar surface area (TPSA) is 105 Å². The van der Waals surface area contributed by atoms with Crippen molar-refractivity contribution in [2.45, 2.75) is 32.9 Å². The van der Waals surface area contributed by atoms with Gasteiger partial charge in [-0.2, -0.15) is 0 Å². The molecule has 3 aromatic rings. The fourth-order valence-corrected chi connectivity index (χ4v) is 5.23. The molecule has 226 valence electrons. The van der Waals surface area contributed by atoms with E-state index in [1.807, 2.05) is 44.2 Å². The second kappa shape index (κ2) is 14.7. The van der Waals surface area contributed by atoms with Crippen LogP contribution >= 0.6 is 0 Å². The Kier molecular flexibility index (Phi) is 11.3. The number of carbonyl (C=O) groups excluding carboxylic acids is 2. The Hall–Kier alpha value is -4.12. The number of ether oxygens (including phenoxy) is 2. The van der Waals surface area contributed by atoms with E-state index in [4.69, 9.17) is 9.47 Å². The Bertz CT molecular complexity index is 1470. The molecule has 0 saturated heterocycles. The van der Waals surface area contributed by atoms with Crippen LogP contribution in [0.5, 0.6) is 11.5 Å². The van der Waals surface area contributed by atoms with Gasteiger partial charge in [0.25, 0.3) is 0 Å². The summed E-state index contributed by atoms with van der Waals surface area (Å²) in [5.41, 5.74) is 1.09. The molecule has 0 spiro atoms. The van der Waals surface area contributed by atoms with Crippen LogP contribution in [0, 0.1) is 11.7 Å². The number of anilines is 1. The highest BCUT2D eigenvalue weighted by Crippen LogP contribution is 2.34. The number of sulfonamides is 1. The quantitative estimate of drug-likeness (QED) is 0.300. The number of amides is 2.